The zero-order valence-corrected chi connectivity index (χ0v) is 7.89. The van der Waals surface area contributed by atoms with E-state index in [-0.39, 0.29) is 0 Å². The van der Waals surface area contributed by atoms with Crippen molar-refractivity contribution in [3.05, 3.63) is 0 Å². The summed E-state index contributed by atoms with van der Waals surface area (Å²) < 4.78 is 0. The van der Waals surface area contributed by atoms with Gasteiger partial charge in [-0.25, -0.2) is 0 Å². The van der Waals surface area contributed by atoms with E-state index in [0.29, 0.717) is 0 Å². The minimum Gasteiger partial charge on any atom is -0.329 e. The average Bonchev–Trinajstić information content (AvgIpc) is 2.04. The lowest BCUT2D eigenvalue weighted by Crippen LogP contribution is -2.44. The van der Waals surface area contributed by atoms with Crippen LogP contribution in [0.15, 0.2) is 0 Å². The fourth-order valence-corrected chi connectivity index (χ4v) is 2.61. The van der Waals surface area contributed by atoms with Gasteiger partial charge in [0.1, 0.15) is 0 Å². The molecule has 70 valence electrons. The number of hydrogen-bond donors (Lipinski definition) is 1. The molecular weight excluding hydrogens is 148 g/mol. The first-order valence-electron chi connectivity index (χ1n) is 5.27. The Bertz CT molecular complexity index is 142. The smallest absolute Gasteiger partial charge is 0.0105 e. The summed E-state index contributed by atoms with van der Waals surface area (Å²) in [5.74, 6) is 0. The van der Waals surface area contributed by atoms with Gasteiger partial charge in [0.05, 0.1) is 0 Å². The van der Waals surface area contributed by atoms with Crippen molar-refractivity contribution < 1.29 is 0 Å². The Labute approximate surface area is 75.1 Å². The van der Waals surface area contributed by atoms with Gasteiger partial charge in [0.2, 0.25) is 0 Å². The van der Waals surface area contributed by atoms with E-state index in [1.807, 2.05) is 0 Å². The number of hydrogen-bond acceptors (Lipinski definition) is 2. The maximum atomic E-state index is 5.53. The molecular formula is C10H20N2. The zero-order chi connectivity index (χ0) is 8.44. The molecule has 1 saturated heterocycles. The van der Waals surface area contributed by atoms with Crippen LogP contribution in [0.1, 0.15) is 32.1 Å². The quantitative estimate of drug-likeness (QED) is 0.671. The monoisotopic (exact) mass is 168 g/mol. The Hall–Kier alpha value is -0.0800. The molecule has 1 aliphatic heterocycles. The number of likely N-dealkylation sites (tertiary alicyclic amines) is 1. The lowest BCUT2D eigenvalue weighted by Gasteiger charge is -2.48. The van der Waals surface area contributed by atoms with Crippen molar-refractivity contribution in [2.75, 3.05) is 26.2 Å². The van der Waals surface area contributed by atoms with Crippen molar-refractivity contribution in [3.8, 4) is 0 Å². The minimum absolute atomic E-state index is 0.797. The lowest BCUT2D eigenvalue weighted by atomic mass is 9.63. The summed E-state index contributed by atoms with van der Waals surface area (Å²) in [6, 6.07) is 0. The second kappa shape index (κ2) is 3.35. The molecule has 2 N–H and O–H groups in total. The fraction of sp³-hybridized carbons (Fsp3) is 1.00. The van der Waals surface area contributed by atoms with E-state index in [2.05, 4.69) is 4.90 Å². The topological polar surface area (TPSA) is 29.3 Å². The molecule has 1 saturated carbocycles. The van der Waals surface area contributed by atoms with Gasteiger partial charge in [0.25, 0.3) is 0 Å². The van der Waals surface area contributed by atoms with Crippen LogP contribution in [0.5, 0.6) is 0 Å². The highest BCUT2D eigenvalue weighted by molar-refractivity contribution is 4.92. The Morgan fingerprint density at radius 1 is 1.08 bits per heavy atom. The summed E-state index contributed by atoms with van der Waals surface area (Å²) in [4.78, 5) is 2.52. The fourth-order valence-electron chi connectivity index (χ4n) is 2.61. The van der Waals surface area contributed by atoms with Crippen molar-refractivity contribution in [2.45, 2.75) is 32.1 Å². The average molecular weight is 168 g/mol. The van der Waals surface area contributed by atoms with Crippen molar-refractivity contribution >= 4 is 0 Å². The van der Waals surface area contributed by atoms with E-state index >= 15 is 0 Å². The minimum atomic E-state index is 0.797. The molecule has 0 bridgehead atoms. The van der Waals surface area contributed by atoms with Crippen molar-refractivity contribution in [3.63, 3.8) is 0 Å². The van der Waals surface area contributed by atoms with Crippen LogP contribution in [0.3, 0.4) is 0 Å². The van der Waals surface area contributed by atoms with E-state index in [1.54, 1.807) is 0 Å². The molecule has 1 spiro atoms. The van der Waals surface area contributed by atoms with Gasteiger partial charge in [-0.2, -0.15) is 0 Å². The van der Waals surface area contributed by atoms with Crippen LogP contribution in [-0.2, 0) is 0 Å². The third kappa shape index (κ3) is 1.50. The summed E-state index contributed by atoms with van der Waals surface area (Å²) in [5, 5.41) is 0. The molecule has 2 nitrogen and oxygen atoms in total. The second-order valence-electron chi connectivity index (χ2n) is 4.48. The summed E-state index contributed by atoms with van der Waals surface area (Å²) >= 11 is 0. The van der Waals surface area contributed by atoms with Gasteiger partial charge < -0.3 is 10.6 Å². The maximum Gasteiger partial charge on any atom is 0.0105 e. The predicted octanol–water partition coefficient (Wildman–Crippen LogP) is 1.21. The van der Waals surface area contributed by atoms with Crippen molar-refractivity contribution in [2.24, 2.45) is 11.1 Å². The normalized spacial score (nSPS) is 28.8. The Morgan fingerprint density at radius 2 is 1.75 bits per heavy atom. The van der Waals surface area contributed by atoms with Gasteiger partial charge in [-0.05, 0) is 44.2 Å². The Kier molecular flexibility index (Phi) is 2.37. The first-order chi connectivity index (χ1) is 5.85. The number of nitrogens with zero attached hydrogens (tertiary/aromatic N) is 1. The summed E-state index contributed by atoms with van der Waals surface area (Å²) in [5.41, 5.74) is 6.33. The molecule has 0 atom stereocenters. The third-order valence-electron chi connectivity index (χ3n) is 3.78. The van der Waals surface area contributed by atoms with Crippen molar-refractivity contribution in [1.29, 1.82) is 0 Å². The molecule has 2 fully saturated rings. The van der Waals surface area contributed by atoms with E-state index in [9.17, 15) is 0 Å². The van der Waals surface area contributed by atoms with Gasteiger partial charge in [0.15, 0.2) is 0 Å². The van der Waals surface area contributed by atoms with Crippen LogP contribution in [0.25, 0.3) is 0 Å². The van der Waals surface area contributed by atoms with Crippen LogP contribution in [0.4, 0.5) is 0 Å². The number of piperidine rings is 1. The molecule has 0 aromatic heterocycles. The van der Waals surface area contributed by atoms with E-state index in [4.69, 9.17) is 5.73 Å². The SMILES string of the molecule is NCCN1CCC2(CCC2)CC1. The van der Waals surface area contributed by atoms with Crippen molar-refractivity contribution in [1.82, 2.24) is 4.90 Å². The molecule has 2 rings (SSSR count). The molecule has 1 heterocycles. The first kappa shape index (κ1) is 8.52. The van der Waals surface area contributed by atoms with E-state index in [0.717, 1.165) is 18.5 Å². The molecule has 2 aliphatic rings. The molecule has 0 aromatic rings. The molecule has 12 heavy (non-hydrogen) atoms. The number of rotatable bonds is 2. The summed E-state index contributed by atoms with van der Waals surface area (Å²) in [7, 11) is 0. The van der Waals surface area contributed by atoms with Gasteiger partial charge >= 0.3 is 0 Å². The van der Waals surface area contributed by atoms with E-state index in [1.165, 1.54) is 45.2 Å². The molecule has 0 unspecified atom stereocenters. The Morgan fingerprint density at radius 3 is 2.17 bits per heavy atom. The zero-order valence-electron chi connectivity index (χ0n) is 7.89. The highest BCUT2D eigenvalue weighted by Crippen LogP contribution is 2.48. The van der Waals surface area contributed by atoms with Gasteiger partial charge in [-0.3, -0.25) is 0 Å². The van der Waals surface area contributed by atoms with Gasteiger partial charge in [-0.1, -0.05) is 6.42 Å². The Balaban J connectivity index is 1.77. The van der Waals surface area contributed by atoms with Crippen LogP contribution < -0.4 is 5.73 Å². The molecule has 2 heteroatoms. The van der Waals surface area contributed by atoms with Gasteiger partial charge in [0, 0.05) is 13.1 Å². The summed E-state index contributed by atoms with van der Waals surface area (Å²) in [6.45, 7) is 4.54. The first-order valence-corrected chi connectivity index (χ1v) is 5.27. The lowest BCUT2D eigenvalue weighted by molar-refractivity contribution is 0.0347. The highest BCUT2D eigenvalue weighted by Gasteiger charge is 2.39. The predicted molar refractivity (Wildman–Crippen MR) is 51.0 cm³/mol. The van der Waals surface area contributed by atoms with E-state index < -0.39 is 0 Å². The van der Waals surface area contributed by atoms with Crippen LogP contribution in [0.2, 0.25) is 0 Å². The standard InChI is InChI=1S/C10H20N2/c11-6-9-12-7-4-10(5-8-12)2-1-3-10/h1-9,11H2. The maximum absolute atomic E-state index is 5.53. The molecule has 0 radical (unpaired) electrons. The van der Waals surface area contributed by atoms with Crippen LogP contribution >= 0.6 is 0 Å². The third-order valence-corrected chi connectivity index (χ3v) is 3.78. The molecule has 0 amide bonds. The van der Waals surface area contributed by atoms with Crippen LogP contribution in [-0.4, -0.2) is 31.1 Å². The molecule has 1 aliphatic carbocycles. The van der Waals surface area contributed by atoms with Gasteiger partial charge in [-0.15, -0.1) is 0 Å². The number of nitrogens with two attached hydrogens (primary N) is 1. The highest BCUT2D eigenvalue weighted by atomic mass is 15.1. The second-order valence-corrected chi connectivity index (χ2v) is 4.48. The summed E-state index contributed by atoms with van der Waals surface area (Å²) in [6.07, 6.45) is 7.36. The van der Waals surface area contributed by atoms with Crippen LogP contribution in [0, 0.1) is 5.41 Å². The largest absolute Gasteiger partial charge is 0.329 e. The molecule has 0 aromatic carbocycles.